The lowest BCUT2D eigenvalue weighted by Gasteiger charge is -2.21. The second kappa shape index (κ2) is 7.91. The highest BCUT2D eigenvalue weighted by Gasteiger charge is 2.15. The average molecular weight is 309 g/mol. The third kappa shape index (κ3) is 5.54. The van der Waals surface area contributed by atoms with E-state index in [9.17, 15) is 0 Å². The summed E-state index contributed by atoms with van der Waals surface area (Å²) < 4.78 is 6.02. The summed E-state index contributed by atoms with van der Waals surface area (Å²) in [5.74, 6) is 1.79. The van der Waals surface area contributed by atoms with Gasteiger partial charge < -0.3 is 4.74 Å². The first-order chi connectivity index (χ1) is 6.83. The minimum atomic E-state index is 0.922. The molecule has 0 aromatic carbocycles. The van der Waals surface area contributed by atoms with E-state index in [1.54, 1.807) is 13.0 Å². The average Bonchev–Trinajstić information content (AvgIpc) is 2.16. The Bertz CT molecular complexity index is 138. The second-order valence-corrected chi connectivity index (χ2v) is 5.99. The highest BCUT2D eigenvalue weighted by Crippen LogP contribution is 2.30. The van der Waals surface area contributed by atoms with Gasteiger partial charge in [-0.3, -0.25) is 0 Å². The van der Waals surface area contributed by atoms with Gasteiger partial charge in [-0.25, -0.2) is 0 Å². The molecule has 0 N–H and O–H groups in total. The summed E-state index contributed by atoms with van der Waals surface area (Å²) >= 11 is 2.62. The van der Waals surface area contributed by atoms with Crippen molar-refractivity contribution in [2.45, 2.75) is 55.3 Å². The normalized spacial score (nSPS) is 25.7. The van der Waals surface area contributed by atoms with Crippen molar-refractivity contribution in [2.24, 2.45) is 0 Å². The van der Waals surface area contributed by atoms with Gasteiger partial charge in [-0.2, -0.15) is 0 Å². The van der Waals surface area contributed by atoms with Gasteiger partial charge in [0.1, 0.15) is 0 Å². The van der Waals surface area contributed by atoms with Crippen molar-refractivity contribution in [1.29, 1.82) is 0 Å². The van der Waals surface area contributed by atoms with Crippen LogP contribution in [0.2, 0.25) is 0 Å². The molecule has 1 nitrogen and oxygen atoms in total. The standard InChI is InChI=1S/C12H22IO/c1-14-10-4-6-11-5-2-3-7-12(13)9-8-11/h12H,2-10H2,1H3. The molecule has 83 valence electrons. The van der Waals surface area contributed by atoms with Gasteiger partial charge in [0.2, 0.25) is 0 Å². The van der Waals surface area contributed by atoms with Gasteiger partial charge in [0.15, 0.2) is 0 Å². The maximum absolute atomic E-state index is 5.10. The zero-order valence-corrected chi connectivity index (χ0v) is 11.4. The lowest BCUT2D eigenvalue weighted by Crippen LogP contribution is -2.08. The predicted octanol–water partition coefficient (Wildman–Crippen LogP) is 4.15. The Morgan fingerprint density at radius 2 is 2.14 bits per heavy atom. The van der Waals surface area contributed by atoms with Gasteiger partial charge >= 0.3 is 0 Å². The summed E-state index contributed by atoms with van der Waals surface area (Å²) in [6.45, 7) is 0.928. The molecule has 0 aromatic heterocycles. The van der Waals surface area contributed by atoms with E-state index in [0.29, 0.717) is 0 Å². The molecule has 1 rings (SSSR count). The molecule has 1 saturated carbocycles. The summed E-state index contributed by atoms with van der Waals surface area (Å²) in [6.07, 6.45) is 11.0. The molecule has 1 aliphatic carbocycles. The van der Waals surface area contributed by atoms with Gasteiger partial charge in [0.25, 0.3) is 0 Å². The van der Waals surface area contributed by atoms with Gasteiger partial charge in [-0.05, 0) is 44.4 Å². The minimum Gasteiger partial charge on any atom is -0.385 e. The molecular formula is C12H22IO. The highest BCUT2D eigenvalue weighted by atomic mass is 127. The smallest absolute Gasteiger partial charge is 0.0462 e. The molecule has 1 unspecified atom stereocenters. The predicted molar refractivity (Wildman–Crippen MR) is 69.9 cm³/mol. The van der Waals surface area contributed by atoms with Crippen LogP contribution in [0.15, 0.2) is 0 Å². The first-order valence-corrected chi connectivity index (χ1v) is 7.04. The monoisotopic (exact) mass is 309 g/mol. The van der Waals surface area contributed by atoms with Crippen molar-refractivity contribution in [2.75, 3.05) is 13.7 Å². The van der Waals surface area contributed by atoms with Crippen LogP contribution in [0, 0.1) is 5.92 Å². The van der Waals surface area contributed by atoms with Crippen LogP contribution in [0.3, 0.4) is 0 Å². The van der Waals surface area contributed by atoms with Gasteiger partial charge in [-0.1, -0.05) is 35.4 Å². The molecule has 1 atom stereocenters. The Labute approximate surface area is 102 Å². The zero-order valence-electron chi connectivity index (χ0n) is 9.23. The van der Waals surface area contributed by atoms with E-state index in [1.807, 2.05) is 0 Å². The van der Waals surface area contributed by atoms with Crippen molar-refractivity contribution >= 4 is 22.6 Å². The summed E-state index contributed by atoms with van der Waals surface area (Å²) in [7, 11) is 1.80. The van der Waals surface area contributed by atoms with Crippen LogP contribution in [-0.4, -0.2) is 17.6 Å². The topological polar surface area (TPSA) is 9.23 Å². The quantitative estimate of drug-likeness (QED) is 0.431. The van der Waals surface area contributed by atoms with E-state index in [1.165, 1.54) is 51.4 Å². The van der Waals surface area contributed by atoms with E-state index in [2.05, 4.69) is 22.6 Å². The summed E-state index contributed by atoms with van der Waals surface area (Å²) in [5, 5.41) is 0. The minimum absolute atomic E-state index is 0.922. The number of methoxy groups -OCH3 is 1. The third-order valence-corrected chi connectivity index (χ3v) is 4.23. The molecule has 14 heavy (non-hydrogen) atoms. The molecule has 1 radical (unpaired) electrons. The number of hydrogen-bond donors (Lipinski definition) is 0. The van der Waals surface area contributed by atoms with E-state index < -0.39 is 0 Å². The van der Waals surface area contributed by atoms with E-state index in [-0.39, 0.29) is 0 Å². The second-order valence-electron chi connectivity index (χ2n) is 4.23. The molecule has 0 aromatic rings. The molecular weight excluding hydrogens is 287 g/mol. The molecule has 2 heteroatoms. The Morgan fingerprint density at radius 1 is 1.29 bits per heavy atom. The van der Waals surface area contributed by atoms with Crippen LogP contribution < -0.4 is 0 Å². The van der Waals surface area contributed by atoms with Gasteiger partial charge in [0.05, 0.1) is 0 Å². The fourth-order valence-corrected chi connectivity index (χ4v) is 2.84. The highest BCUT2D eigenvalue weighted by molar-refractivity contribution is 14.1. The molecule has 0 amide bonds. The van der Waals surface area contributed by atoms with Crippen molar-refractivity contribution in [1.82, 2.24) is 0 Å². The van der Waals surface area contributed by atoms with Crippen molar-refractivity contribution in [3.8, 4) is 0 Å². The maximum Gasteiger partial charge on any atom is 0.0462 e. The van der Waals surface area contributed by atoms with Crippen LogP contribution in [0.4, 0.5) is 0 Å². The third-order valence-electron chi connectivity index (χ3n) is 2.99. The molecule has 0 bridgehead atoms. The Morgan fingerprint density at radius 3 is 2.93 bits per heavy atom. The first kappa shape index (κ1) is 12.8. The van der Waals surface area contributed by atoms with E-state index in [0.717, 1.165) is 10.5 Å². The largest absolute Gasteiger partial charge is 0.385 e. The van der Waals surface area contributed by atoms with E-state index >= 15 is 0 Å². The van der Waals surface area contributed by atoms with Crippen molar-refractivity contribution in [3.63, 3.8) is 0 Å². The number of halogens is 1. The first-order valence-electron chi connectivity index (χ1n) is 5.79. The number of hydrogen-bond acceptors (Lipinski definition) is 1. The van der Waals surface area contributed by atoms with Gasteiger partial charge in [0, 0.05) is 17.6 Å². The van der Waals surface area contributed by atoms with Crippen LogP contribution in [-0.2, 0) is 4.74 Å². The Balaban J connectivity index is 2.15. The molecule has 0 spiro atoms. The number of ether oxygens (including phenoxy) is 1. The fourth-order valence-electron chi connectivity index (χ4n) is 2.09. The number of alkyl halides is 1. The van der Waals surface area contributed by atoms with Crippen molar-refractivity contribution in [3.05, 3.63) is 5.92 Å². The molecule has 1 fully saturated rings. The van der Waals surface area contributed by atoms with Crippen LogP contribution in [0.25, 0.3) is 0 Å². The summed E-state index contributed by atoms with van der Waals surface area (Å²) in [6, 6.07) is 0. The fraction of sp³-hybridized carbons (Fsp3) is 0.917. The SMILES string of the molecule is COCCC[C]1CCCCC(I)CC1. The van der Waals surface area contributed by atoms with Crippen LogP contribution in [0.5, 0.6) is 0 Å². The molecule has 0 saturated heterocycles. The summed E-state index contributed by atoms with van der Waals surface area (Å²) in [5.41, 5.74) is 0. The van der Waals surface area contributed by atoms with Gasteiger partial charge in [-0.15, -0.1) is 0 Å². The van der Waals surface area contributed by atoms with Crippen molar-refractivity contribution < 1.29 is 4.74 Å². The molecule has 0 heterocycles. The molecule has 0 aliphatic heterocycles. The lowest BCUT2D eigenvalue weighted by atomic mass is 9.88. The Hall–Kier alpha value is 0.690. The lowest BCUT2D eigenvalue weighted by molar-refractivity contribution is 0.192. The maximum atomic E-state index is 5.10. The number of rotatable bonds is 4. The van der Waals surface area contributed by atoms with E-state index in [4.69, 9.17) is 4.74 Å². The Kier molecular flexibility index (Phi) is 7.21. The summed E-state index contributed by atoms with van der Waals surface area (Å²) in [4.78, 5) is 0. The van der Waals surface area contributed by atoms with Crippen LogP contribution >= 0.6 is 22.6 Å². The zero-order chi connectivity index (χ0) is 10.2. The van der Waals surface area contributed by atoms with Crippen LogP contribution in [0.1, 0.15) is 51.4 Å². The molecule has 1 aliphatic rings.